The molecule has 7 nitrogen and oxygen atoms in total. The van der Waals surface area contributed by atoms with Gasteiger partial charge >= 0.3 is 0 Å². The molecule has 4 heterocycles. The summed E-state index contributed by atoms with van der Waals surface area (Å²) in [4.78, 5) is 11.1. The third-order valence-electron chi connectivity index (χ3n) is 4.47. The van der Waals surface area contributed by atoms with Crippen molar-refractivity contribution in [1.29, 1.82) is 0 Å². The molecule has 2 atom stereocenters. The van der Waals surface area contributed by atoms with E-state index in [2.05, 4.69) is 30.4 Å². The van der Waals surface area contributed by atoms with Gasteiger partial charge in [-0.05, 0) is 18.8 Å². The van der Waals surface area contributed by atoms with Crippen molar-refractivity contribution < 1.29 is 0 Å². The van der Waals surface area contributed by atoms with Gasteiger partial charge in [-0.15, -0.1) is 5.10 Å². The summed E-state index contributed by atoms with van der Waals surface area (Å²) in [5, 5.41) is 10.9. The number of hydrogen-bond acceptors (Lipinski definition) is 5. The van der Waals surface area contributed by atoms with Crippen LogP contribution in [0.15, 0.2) is 12.5 Å². The average molecular weight is 273 g/mol. The zero-order valence-electron chi connectivity index (χ0n) is 11.6. The number of nitrogens with zero attached hydrogens (tertiary/aromatic N) is 5. The molecule has 2 saturated heterocycles. The van der Waals surface area contributed by atoms with E-state index < -0.39 is 0 Å². The van der Waals surface area contributed by atoms with Gasteiger partial charge in [0.25, 0.3) is 0 Å². The fourth-order valence-corrected chi connectivity index (χ4v) is 3.40. The van der Waals surface area contributed by atoms with Crippen LogP contribution in [-0.2, 0) is 7.05 Å². The minimum absolute atomic E-state index is 0.541. The number of aromatic amines is 1. The van der Waals surface area contributed by atoms with E-state index in [1.54, 1.807) is 12.5 Å². The molecule has 7 heteroatoms. The molecule has 2 aliphatic heterocycles. The number of aryl methyl sites for hydroxylation is 1. The van der Waals surface area contributed by atoms with Crippen LogP contribution in [0, 0.1) is 5.92 Å². The molecule has 2 fully saturated rings. The van der Waals surface area contributed by atoms with E-state index in [0.29, 0.717) is 6.04 Å². The zero-order chi connectivity index (χ0) is 13.5. The molecule has 2 unspecified atom stereocenters. The first kappa shape index (κ1) is 11.9. The molecular formula is C13H19N7. The maximum Gasteiger partial charge on any atom is 0.245 e. The molecule has 20 heavy (non-hydrogen) atoms. The molecular weight excluding hydrogens is 254 g/mol. The average Bonchev–Trinajstić information content (AvgIpc) is 3.17. The molecule has 2 aromatic heterocycles. The Balaban J connectivity index is 1.63. The van der Waals surface area contributed by atoms with Gasteiger partial charge in [0.1, 0.15) is 5.69 Å². The van der Waals surface area contributed by atoms with Crippen LogP contribution in [0.5, 0.6) is 0 Å². The van der Waals surface area contributed by atoms with Crippen LogP contribution in [0.4, 0.5) is 5.95 Å². The lowest BCUT2D eigenvalue weighted by Gasteiger charge is -2.36. The summed E-state index contributed by atoms with van der Waals surface area (Å²) >= 11 is 0. The molecule has 2 N–H and O–H groups in total. The third-order valence-corrected chi connectivity index (χ3v) is 4.47. The van der Waals surface area contributed by atoms with E-state index >= 15 is 0 Å². The van der Waals surface area contributed by atoms with Gasteiger partial charge in [-0.25, -0.2) is 4.98 Å². The summed E-state index contributed by atoms with van der Waals surface area (Å²) in [6.07, 6.45) is 6.11. The predicted molar refractivity (Wildman–Crippen MR) is 75.3 cm³/mol. The highest BCUT2D eigenvalue weighted by Gasteiger charge is 2.36. The molecule has 2 aliphatic rings. The maximum absolute atomic E-state index is 4.67. The third kappa shape index (κ3) is 1.81. The van der Waals surface area contributed by atoms with Crippen LogP contribution in [0.1, 0.15) is 12.8 Å². The molecule has 0 aliphatic carbocycles. The Hall–Kier alpha value is -1.89. The summed E-state index contributed by atoms with van der Waals surface area (Å²) < 4.78 is 1.94. The number of imidazole rings is 1. The Labute approximate surface area is 117 Å². The Bertz CT molecular complexity index is 601. The van der Waals surface area contributed by atoms with Gasteiger partial charge in [0, 0.05) is 32.7 Å². The first-order valence-corrected chi connectivity index (χ1v) is 7.19. The first-order chi connectivity index (χ1) is 9.83. The second-order valence-corrected chi connectivity index (χ2v) is 5.70. The van der Waals surface area contributed by atoms with Crippen molar-refractivity contribution in [1.82, 2.24) is 30.0 Å². The number of piperidine rings is 1. The number of aromatic nitrogens is 5. The van der Waals surface area contributed by atoms with E-state index in [0.717, 1.165) is 43.0 Å². The highest BCUT2D eigenvalue weighted by atomic mass is 15.4. The fraction of sp³-hybridized carbons (Fsp3) is 0.615. The van der Waals surface area contributed by atoms with E-state index in [-0.39, 0.29) is 0 Å². The molecule has 0 amide bonds. The highest BCUT2D eigenvalue weighted by Crippen LogP contribution is 2.29. The standard InChI is InChI=1S/C13H19N7/c1-19-8-15-7-11(19)12-16-13(18-17-12)20-4-2-3-9-5-14-6-10(9)20/h7-10,14H,2-6H2,1H3,(H,16,17,18). The number of H-pyrrole nitrogens is 1. The van der Waals surface area contributed by atoms with Gasteiger partial charge in [-0.1, -0.05) is 0 Å². The van der Waals surface area contributed by atoms with Crippen molar-refractivity contribution in [3.05, 3.63) is 12.5 Å². The van der Waals surface area contributed by atoms with Gasteiger partial charge in [-0.3, -0.25) is 5.10 Å². The fourth-order valence-electron chi connectivity index (χ4n) is 3.40. The second kappa shape index (κ2) is 4.59. The highest BCUT2D eigenvalue weighted by molar-refractivity contribution is 5.51. The lowest BCUT2D eigenvalue weighted by Crippen LogP contribution is -2.45. The van der Waals surface area contributed by atoms with Crippen molar-refractivity contribution in [3.8, 4) is 11.5 Å². The van der Waals surface area contributed by atoms with Crippen LogP contribution in [0.25, 0.3) is 11.5 Å². The molecule has 2 aromatic rings. The lowest BCUT2D eigenvalue weighted by atomic mass is 9.92. The van der Waals surface area contributed by atoms with Crippen LogP contribution in [0.2, 0.25) is 0 Å². The van der Waals surface area contributed by atoms with Crippen molar-refractivity contribution in [3.63, 3.8) is 0 Å². The van der Waals surface area contributed by atoms with E-state index in [1.165, 1.54) is 12.8 Å². The molecule has 0 saturated carbocycles. The number of anilines is 1. The van der Waals surface area contributed by atoms with Gasteiger partial charge in [-0.2, -0.15) is 4.98 Å². The smallest absolute Gasteiger partial charge is 0.245 e. The topological polar surface area (TPSA) is 74.7 Å². The van der Waals surface area contributed by atoms with Gasteiger partial charge in [0.05, 0.1) is 12.5 Å². The number of nitrogens with one attached hydrogen (secondary N) is 2. The van der Waals surface area contributed by atoms with Crippen LogP contribution in [0.3, 0.4) is 0 Å². The van der Waals surface area contributed by atoms with Crippen molar-refractivity contribution in [2.24, 2.45) is 13.0 Å². The quantitative estimate of drug-likeness (QED) is 0.828. The minimum Gasteiger partial charge on any atom is -0.335 e. The maximum atomic E-state index is 4.67. The molecule has 0 aromatic carbocycles. The predicted octanol–water partition coefficient (Wildman–Crippen LogP) is 0.393. The monoisotopic (exact) mass is 273 g/mol. The summed E-state index contributed by atoms with van der Waals surface area (Å²) in [7, 11) is 1.96. The molecule has 0 bridgehead atoms. The summed E-state index contributed by atoms with van der Waals surface area (Å²) in [6.45, 7) is 3.21. The number of fused-ring (bicyclic) bond motifs is 1. The Morgan fingerprint density at radius 2 is 2.30 bits per heavy atom. The Morgan fingerprint density at radius 1 is 1.35 bits per heavy atom. The summed E-state index contributed by atoms with van der Waals surface area (Å²) in [5.74, 6) is 2.34. The Morgan fingerprint density at radius 3 is 3.15 bits per heavy atom. The normalized spacial score (nSPS) is 25.9. The number of rotatable bonds is 2. The van der Waals surface area contributed by atoms with Crippen LogP contribution in [-0.4, -0.2) is 50.4 Å². The largest absolute Gasteiger partial charge is 0.335 e. The zero-order valence-corrected chi connectivity index (χ0v) is 11.6. The van der Waals surface area contributed by atoms with Crippen molar-refractivity contribution >= 4 is 5.95 Å². The second-order valence-electron chi connectivity index (χ2n) is 5.70. The first-order valence-electron chi connectivity index (χ1n) is 7.19. The van der Waals surface area contributed by atoms with Crippen molar-refractivity contribution in [2.75, 3.05) is 24.5 Å². The summed E-state index contributed by atoms with van der Waals surface area (Å²) in [6, 6.07) is 0.541. The number of hydrogen-bond donors (Lipinski definition) is 2. The van der Waals surface area contributed by atoms with Crippen LogP contribution < -0.4 is 10.2 Å². The van der Waals surface area contributed by atoms with Gasteiger partial charge in [0.2, 0.25) is 5.95 Å². The van der Waals surface area contributed by atoms with E-state index in [9.17, 15) is 0 Å². The minimum atomic E-state index is 0.541. The van der Waals surface area contributed by atoms with E-state index in [4.69, 9.17) is 0 Å². The summed E-state index contributed by atoms with van der Waals surface area (Å²) in [5.41, 5.74) is 0.960. The molecule has 4 rings (SSSR count). The van der Waals surface area contributed by atoms with E-state index in [1.807, 2.05) is 11.6 Å². The van der Waals surface area contributed by atoms with Crippen molar-refractivity contribution in [2.45, 2.75) is 18.9 Å². The van der Waals surface area contributed by atoms with Gasteiger partial charge < -0.3 is 14.8 Å². The SMILES string of the molecule is Cn1cncc1-c1nc(N2CCCC3CNCC32)n[nH]1. The lowest BCUT2D eigenvalue weighted by molar-refractivity contribution is 0.381. The Kier molecular flexibility index (Phi) is 2.73. The van der Waals surface area contributed by atoms with Crippen LogP contribution >= 0.6 is 0 Å². The molecule has 0 radical (unpaired) electrons. The molecule has 0 spiro atoms. The molecule has 106 valence electrons. The van der Waals surface area contributed by atoms with Gasteiger partial charge in [0.15, 0.2) is 5.82 Å².